The fraction of sp³-hybridized carbons (Fsp3) is 0.368. The summed E-state index contributed by atoms with van der Waals surface area (Å²) in [4.78, 5) is 6.18. The minimum absolute atomic E-state index is 0.439. The summed E-state index contributed by atoms with van der Waals surface area (Å²) in [6.45, 7) is 4.11. The Kier molecular flexibility index (Phi) is 2.68. The molecular formula is C19H20N2O2. The molecule has 5 rings (SSSR count). The second-order valence-electron chi connectivity index (χ2n) is 6.67. The van der Waals surface area contributed by atoms with Crippen molar-refractivity contribution in [1.82, 2.24) is 9.88 Å². The lowest BCUT2D eigenvalue weighted by Crippen LogP contribution is -2.38. The van der Waals surface area contributed by atoms with Crippen molar-refractivity contribution in [3.63, 3.8) is 0 Å². The van der Waals surface area contributed by atoms with Crippen LogP contribution in [0, 0.1) is 6.92 Å². The van der Waals surface area contributed by atoms with E-state index in [-0.39, 0.29) is 0 Å². The van der Waals surface area contributed by atoms with E-state index in [0.29, 0.717) is 6.04 Å². The molecule has 1 N–H and O–H groups in total. The first-order valence-electron chi connectivity index (χ1n) is 8.23. The minimum Gasteiger partial charge on any atom is -0.497 e. The largest absolute Gasteiger partial charge is 0.497 e. The molecule has 4 heteroatoms. The standard InChI is InChI=1S/C19H20N2O2/c1-11-7-15-18-9-14-13-8-12(22-2)3-4-16(13)20-17(14)10-21(18)6-5-19(15)23-11/h3-4,7-8,18,20H,5-6,9-10H2,1-2H3/t18-/m0/s1. The van der Waals surface area contributed by atoms with E-state index in [1.54, 1.807) is 7.11 Å². The van der Waals surface area contributed by atoms with Gasteiger partial charge >= 0.3 is 0 Å². The molecule has 0 saturated carbocycles. The van der Waals surface area contributed by atoms with Gasteiger partial charge < -0.3 is 14.1 Å². The zero-order valence-electron chi connectivity index (χ0n) is 13.5. The third kappa shape index (κ3) is 1.88. The van der Waals surface area contributed by atoms with Gasteiger partial charge in [0, 0.05) is 47.7 Å². The summed E-state index contributed by atoms with van der Waals surface area (Å²) in [5, 5.41) is 1.30. The summed E-state index contributed by atoms with van der Waals surface area (Å²) in [7, 11) is 1.73. The van der Waals surface area contributed by atoms with Crippen molar-refractivity contribution in [3.05, 3.63) is 52.6 Å². The van der Waals surface area contributed by atoms with Crippen LogP contribution in [0.4, 0.5) is 0 Å². The normalized spacial score (nSPS) is 20.2. The van der Waals surface area contributed by atoms with Crippen molar-refractivity contribution in [1.29, 1.82) is 0 Å². The second-order valence-corrected chi connectivity index (χ2v) is 6.67. The van der Waals surface area contributed by atoms with E-state index in [2.05, 4.69) is 28.1 Å². The number of benzene rings is 1. The first-order valence-corrected chi connectivity index (χ1v) is 8.23. The molecule has 3 aromatic rings. The van der Waals surface area contributed by atoms with Crippen molar-refractivity contribution < 1.29 is 9.15 Å². The van der Waals surface area contributed by atoms with Crippen LogP contribution in [0.2, 0.25) is 0 Å². The number of hydrogen-bond acceptors (Lipinski definition) is 3. The highest BCUT2D eigenvalue weighted by Gasteiger charge is 2.35. The highest BCUT2D eigenvalue weighted by Crippen LogP contribution is 2.41. The maximum absolute atomic E-state index is 5.89. The maximum Gasteiger partial charge on any atom is 0.119 e. The van der Waals surface area contributed by atoms with E-state index in [0.717, 1.165) is 37.4 Å². The number of rotatable bonds is 1. The fourth-order valence-electron chi connectivity index (χ4n) is 4.26. The van der Waals surface area contributed by atoms with Crippen LogP contribution >= 0.6 is 0 Å². The predicted molar refractivity (Wildman–Crippen MR) is 88.9 cm³/mol. The van der Waals surface area contributed by atoms with Crippen molar-refractivity contribution in [2.75, 3.05) is 13.7 Å². The first-order chi connectivity index (χ1) is 11.2. The van der Waals surface area contributed by atoms with Crippen LogP contribution in [0.1, 0.15) is 34.4 Å². The summed E-state index contributed by atoms with van der Waals surface area (Å²) in [6, 6.07) is 8.97. The molecule has 0 unspecified atom stereocenters. The smallest absolute Gasteiger partial charge is 0.119 e. The van der Waals surface area contributed by atoms with Crippen LogP contribution in [-0.4, -0.2) is 23.5 Å². The van der Waals surface area contributed by atoms with Crippen LogP contribution in [0.3, 0.4) is 0 Å². The molecule has 1 atom stereocenters. The molecule has 4 heterocycles. The Balaban J connectivity index is 1.64. The van der Waals surface area contributed by atoms with E-state index in [1.165, 1.54) is 33.5 Å². The molecule has 0 amide bonds. The number of fused-ring (bicyclic) bond motifs is 6. The number of methoxy groups -OCH3 is 1. The van der Waals surface area contributed by atoms with Crippen LogP contribution in [0.5, 0.6) is 5.75 Å². The molecule has 0 aliphatic carbocycles. The Hall–Kier alpha value is -2.20. The van der Waals surface area contributed by atoms with Gasteiger partial charge in [-0.2, -0.15) is 0 Å². The molecule has 2 aliphatic rings. The molecule has 23 heavy (non-hydrogen) atoms. The zero-order chi connectivity index (χ0) is 15.6. The Bertz CT molecular complexity index is 906. The van der Waals surface area contributed by atoms with Gasteiger partial charge in [-0.25, -0.2) is 0 Å². The average Bonchev–Trinajstić information content (AvgIpc) is 3.11. The lowest BCUT2D eigenvalue weighted by Gasteiger charge is -2.38. The van der Waals surface area contributed by atoms with Crippen molar-refractivity contribution in [2.45, 2.75) is 32.4 Å². The molecule has 0 saturated heterocycles. The molecule has 0 spiro atoms. The molecule has 1 aromatic carbocycles. The predicted octanol–water partition coefficient (Wildman–Crippen LogP) is 3.73. The Morgan fingerprint density at radius 3 is 3.09 bits per heavy atom. The number of furan rings is 1. The molecule has 4 nitrogen and oxygen atoms in total. The van der Waals surface area contributed by atoms with E-state index in [1.807, 2.05) is 13.0 Å². The van der Waals surface area contributed by atoms with Crippen molar-refractivity contribution >= 4 is 10.9 Å². The van der Waals surface area contributed by atoms with Crippen LogP contribution < -0.4 is 4.74 Å². The maximum atomic E-state index is 5.89. The summed E-state index contributed by atoms with van der Waals surface area (Å²) >= 11 is 0. The van der Waals surface area contributed by atoms with Gasteiger partial charge in [-0.3, -0.25) is 4.90 Å². The third-order valence-corrected chi connectivity index (χ3v) is 5.35. The van der Waals surface area contributed by atoms with Crippen molar-refractivity contribution in [3.8, 4) is 5.75 Å². The SMILES string of the molecule is COc1ccc2[nH]c3c(c2c1)C[C@H]1c2cc(C)oc2CCN1C3. The molecule has 0 radical (unpaired) electrons. The number of aromatic nitrogens is 1. The molecule has 118 valence electrons. The lowest BCUT2D eigenvalue weighted by molar-refractivity contribution is 0.152. The number of hydrogen-bond donors (Lipinski definition) is 1. The topological polar surface area (TPSA) is 41.4 Å². The summed E-state index contributed by atoms with van der Waals surface area (Å²) in [6.07, 6.45) is 2.05. The second kappa shape index (κ2) is 4.65. The molecule has 2 aromatic heterocycles. The molecule has 0 bridgehead atoms. The van der Waals surface area contributed by atoms with Gasteiger partial charge in [0.25, 0.3) is 0 Å². The van der Waals surface area contributed by atoms with E-state index in [9.17, 15) is 0 Å². The fourth-order valence-corrected chi connectivity index (χ4v) is 4.26. The number of aryl methyl sites for hydroxylation is 1. The number of aromatic amines is 1. The molecular weight excluding hydrogens is 288 g/mol. The summed E-state index contributed by atoms with van der Waals surface area (Å²) < 4.78 is 11.3. The quantitative estimate of drug-likeness (QED) is 0.744. The Morgan fingerprint density at radius 1 is 1.30 bits per heavy atom. The van der Waals surface area contributed by atoms with Crippen LogP contribution in [-0.2, 0) is 19.4 Å². The van der Waals surface area contributed by atoms with Gasteiger partial charge in [0.1, 0.15) is 17.3 Å². The number of H-pyrrole nitrogens is 1. The Morgan fingerprint density at radius 2 is 2.22 bits per heavy atom. The highest BCUT2D eigenvalue weighted by molar-refractivity contribution is 5.86. The first kappa shape index (κ1) is 13.3. The van der Waals surface area contributed by atoms with E-state index < -0.39 is 0 Å². The highest BCUT2D eigenvalue weighted by atomic mass is 16.5. The van der Waals surface area contributed by atoms with E-state index in [4.69, 9.17) is 9.15 Å². The zero-order valence-corrected chi connectivity index (χ0v) is 13.5. The monoisotopic (exact) mass is 308 g/mol. The summed E-state index contributed by atoms with van der Waals surface area (Å²) in [5.74, 6) is 3.14. The third-order valence-electron chi connectivity index (χ3n) is 5.35. The van der Waals surface area contributed by atoms with E-state index >= 15 is 0 Å². The van der Waals surface area contributed by atoms with Crippen LogP contribution in [0.15, 0.2) is 28.7 Å². The molecule has 2 aliphatic heterocycles. The van der Waals surface area contributed by atoms with Gasteiger partial charge in [0.05, 0.1) is 7.11 Å². The lowest BCUT2D eigenvalue weighted by atomic mass is 9.88. The van der Waals surface area contributed by atoms with Gasteiger partial charge in [-0.1, -0.05) is 0 Å². The van der Waals surface area contributed by atoms with Gasteiger partial charge in [0.15, 0.2) is 0 Å². The number of nitrogens with one attached hydrogen (secondary N) is 1. The summed E-state index contributed by atoms with van der Waals surface area (Å²) in [5.41, 5.74) is 5.39. The van der Waals surface area contributed by atoms with Gasteiger partial charge in [0.2, 0.25) is 0 Å². The Labute approximate surface area is 135 Å². The molecule has 0 fully saturated rings. The number of ether oxygens (including phenoxy) is 1. The van der Waals surface area contributed by atoms with Gasteiger partial charge in [-0.05, 0) is 43.2 Å². The van der Waals surface area contributed by atoms with Crippen molar-refractivity contribution in [2.24, 2.45) is 0 Å². The number of nitrogens with zero attached hydrogens (tertiary/aromatic N) is 1. The van der Waals surface area contributed by atoms with Crippen LogP contribution in [0.25, 0.3) is 10.9 Å². The minimum atomic E-state index is 0.439. The van der Waals surface area contributed by atoms with Gasteiger partial charge in [-0.15, -0.1) is 0 Å². The average molecular weight is 308 g/mol.